The molecule has 0 saturated heterocycles. The maximum absolute atomic E-state index is 15.3. The molecule has 5 aromatic heterocycles. The van der Waals surface area contributed by atoms with Gasteiger partial charge in [-0.2, -0.15) is 5.10 Å². The van der Waals surface area contributed by atoms with Crippen molar-refractivity contribution in [2.24, 2.45) is 14.1 Å². The topological polar surface area (TPSA) is 101 Å². The van der Waals surface area contributed by atoms with Crippen LogP contribution in [0.15, 0.2) is 79.4 Å². The summed E-state index contributed by atoms with van der Waals surface area (Å²) in [5.41, 5.74) is 11.0. The second kappa shape index (κ2) is 14.5. The second-order valence-corrected chi connectivity index (χ2v) is 16.1. The first-order valence-corrected chi connectivity index (χ1v) is 20.2. The molecule has 6 heterocycles. The first-order chi connectivity index (χ1) is 27.9. The molecule has 1 unspecified atom stereocenters. The van der Waals surface area contributed by atoms with E-state index in [0.717, 1.165) is 83.0 Å². The van der Waals surface area contributed by atoms with Crippen LogP contribution >= 0.6 is 23.2 Å². The van der Waals surface area contributed by atoms with Gasteiger partial charge in [0.2, 0.25) is 0 Å². The Bertz CT molecular complexity index is 2900. The van der Waals surface area contributed by atoms with E-state index in [4.69, 9.17) is 38.1 Å². The van der Waals surface area contributed by atoms with Crippen molar-refractivity contribution in [1.29, 1.82) is 0 Å². The molecule has 58 heavy (non-hydrogen) atoms. The Morgan fingerprint density at radius 2 is 1.69 bits per heavy atom. The Kier molecular flexibility index (Phi) is 9.40. The summed E-state index contributed by atoms with van der Waals surface area (Å²) < 4.78 is 14.1. The van der Waals surface area contributed by atoms with Crippen molar-refractivity contribution < 1.29 is 9.53 Å². The molecule has 1 atom stereocenters. The second-order valence-electron chi connectivity index (χ2n) is 15.3. The highest BCUT2D eigenvalue weighted by Gasteiger charge is 2.37. The fourth-order valence-corrected chi connectivity index (χ4v) is 9.01. The SMILES string of the molecule is Cc1cc(OCCCc2c3n(c4c(-c5c(C)nn(C)c5C)c(Cl)ccc24)C(C)CN(c2cn(C)c4ccc(-c5ncn(-c6ccccn6)n5)cc24)C3=O)cc(C)c1Cl. The lowest BCUT2D eigenvalue weighted by atomic mass is 9.98. The summed E-state index contributed by atoms with van der Waals surface area (Å²) in [5.74, 6) is 1.97. The molecular weight excluding hydrogens is 769 g/mol. The standard InChI is InChI=1S/C45H43Cl2N9O2/c1-25-19-31(20-26(2)41(25)47)58-18-10-11-32-33-14-15-35(46)40(39-28(4)50-53(7)29(39)5)42(33)56-27(3)22-54(45(57)43(32)56)37-23-52(6)36-16-13-30(21-34(36)37)44-49-24-55(51-44)38-12-8-9-17-48-38/h8-9,12-17,19-21,23-24,27H,10-11,18,22H2,1-7H3. The molecule has 0 spiro atoms. The minimum Gasteiger partial charge on any atom is -0.494 e. The zero-order chi connectivity index (χ0) is 40.6. The molecule has 0 saturated carbocycles. The molecule has 8 aromatic rings. The number of pyridine rings is 1. The molecule has 13 heteroatoms. The largest absolute Gasteiger partial charge is 0.494 e. The van der Waals surface area contributed by atoms with Crippen LogP contribution < -0.4 is 9.64 Å². The number of amides is 1. The number of hydrogen-bond donors (Lipinski definition) is 0. The number of fused-ring (bicyclic) bond motifs is 4. The average Bonchev–Trinajstić information content (AvgIpc) is 3.97. The van der Waals surface area contributed by atoms with Crippen molar-refractivity contribution in [2.75, 3.05) is 18.1 Å². The minimum absolute atomic E-state index is 0.0636. The van der Waals surface area contributed by atoms with Crippen LogP contribution in [0.5, 0.6) is 5.75 Å². The molecule has 3 aromatic carbocycles. The number of anilines is 1. The summed E-state index contributed by atoms with van der Waals surface area (Å²) >= 11 is 13.6. The number of carbonyl (C=O) groups excluding carboxylic acids is 1. The molecular formula is C45H43Cl2N9O2. The predicted octanol–water partition coefficient (Wildman–Crippen LogP) is 9.95. The number of ether oxygens (including phenoxy) is 1. The lowest BCUT2D eigenvalue weighted by Crippen LogP contribution is -2.42. The third-order valence-electron chi connectivity index (χ3n) is 11.5. The highest BCUT2D eigenvalue weighted by molar-refractivity contribution is 6.35. The lowest BCUT2D eigenvalue weighted by Gasteiger charge is -2.34. The van der Waals surface area contributed by atoms with Gasteiger partial charge in [0, 0.05) is 82.8 Å². The number of hydrogen-bond acceptors (Lipinski definition) is 6. The van der Waals surface area contributed by atoms with Gasteiger partial charge in [-0.3, -0.25) is 9.48 Å². The van der Waals surface area contributed by atoms with E-state index >= 15 is 4.79 Å². The van der Waals surface area contributed by atoms with Crippen molar-refractivity contribution in [3.8, 4) is 34.1 Å². The Morgan fingerprint density at radius 3 is 2.41 bits per heavy atom. The van der Waals surface area contributed by atoms with E-state index in [0.29, 0.717) is 48.4 Å². The number of halogens is 2. The average molecular weight is 813 g/mol. The summed E-state index contributed by atoms with van der Waals surface area (Å²) in [6.45, 7) is 11.2. The van der Waals surface area contributed by atoms with Crippen LogP contribution in [0.25, 0.3) is 50.1 Å². The monoisotopic (exact) mass is 811 g/mol. The molecule has 1 aliphatic rings. The van der Waals surface area contributed by atoms with Gasteiger partial charge in [-0.05, 0) is 113 Å². The minimum atomic E-state index is -0.0936. The lowest BCUT2D eigenvalue weighted by molar-refractivity contribution is 0.0957. The van der Waals surface area contributed by atoms with Gasteiger partial charge in [0.05, 0.1) is 28.5 Å². The summed E-state index contributed by atoms with van der Waals surface area (Å²) in [5, 5.41) is 12.8. The first-order valence-electron chi connectivity index (χ1n) is 19.4. The quantitative estimate of drug-likeness (QED) is 0.135. The van der Waals surface area contributed by atoms with Gasteiger partial charge in [0.25, 0.3) is 5.91 Å². The van der Waals surface area contributed by atoms with E-state index in [1.54, 1.807) is 17.2 Å². The van der Waals surface area contributed by atoms with Crippen LogP contribution in [-0.2, 0) is 20.5 Å². The first kappa shape index (κ1) is 37.7. The number of aryl methyl sites for hydroxylation is 6. The van der Waals surface area contributed by atoms with Crippen LogP contribution in [-0.4, -0.2) is 57.7 Å². The van der Waals surface area contributed by atoms with Crippen molar-refractivity contribution in [3.63, 3.8) is 0 Å². The molecule has 294 valence electrons. The Labute approximate surface area is 346 Å². The summed E-state index contributed by atoms with van der Waals surface area (Å²) in [6, 6.07) is 19.7. The summed E-state index contributed by atoms with van der Waals surface area (Å²) in [6.07, 6.45) is 6.75. The van der Waals surface area contributed by atoms with Crippen molar-refractivity contribution in [3.05, 3.63) is 123 Å². The van der Waals surface area contributed by atoms with E-state index in [2.05, 4.69) is 51.1 Å². The van der Waals surface area contributed by atoms with Gasteiger partial charge in [0.15, 0.2) is 11.6 Å². The van der Waals surface area contributed by atoms with Crippen LogP contribution in [0, 0.1) is 27.7 Å². The van der Waals surface area contributed by atoms with E-state index < -0.39 is 0 Å². The van der Waals surface area contributed by atoms with Gasteiger partial charge >= 0.3 is 0 Å². The highest BCUT2D eigenvalue weighted by atomic mass is 35.5. The van der Waals surface area contributed by atoms with E-state index in [9.17, 15) is 0 Å². The fraction of sp³-hybridized carbons (Fsp3) is 0.267. The third kappa shape index (κ3) is 6.15. The Hall–Kier alpha value is -5.91. The van der Waals surface area contributed by atoms with Gasteiger partial charge in [-0.25, -0.2) is 14.6 Å². The summed E-state index contributed by atoms with van der Waals surface area (Å²) in [7, 11) is 3.96. The summed E-state index contributed by atoms with van der Waals surface area (Å²) in [4.78, 5) is 26.3. The molecule has 9 rings (SSSR count). The third-order valence-corrected chi connectivity index (χ3v) is 12.4. The normalized spacial score (nSPS) is 14.3. The van der Waals surface area contributed by atoms with Gasteiger partial charge < -0.3 is 18.8 Å². The molecule has 0 radical (unpaired) electrons. The molecule has 11 nitrogen and oxygen atoms in total. The van der Waals surface area contributed by atoms with E-state index in [1.807, 2.05) is 93.1 Å². The number of nitrogens with zero attached hydrogens (tertiary/aromatic N) is 9. The Balaban J connectivity index is 1.15. The van der Waals surface area contributed by atoms with Crippen molar-refractivity contribution in [1.82, 2.24) is 38.7 Å². The molecule has 0 bridgehead atoms. The number of benzene rings is 3. The highest BCUT2D eigenvalue weighted by Crippen LogP contribution is 2.46. The predicted molar refractivity (Wildman–Crippen MR) is 231 cm³/mol. The van der Waals surface area contributed by atoms with Crippen LogP contribution in [0.3, 0.4) is 0 Å². The van der Waals surface area contributed by atoms with Gasteiger partial charge in [-0.1, -0.05) is 35.3 Å². The van der Waals surface area contributed by atoms with Crippen molar-refractivity contribution >= 4 is 56.6 Å². The maximum Gasteiger partial charge on any atom is 0.275 e. The van der Waals surface area contributed by atoms with Gasteiger partial charge in [-0.15, -0.1) is 5.10 Å². The molecule has 1 amide bonds. The molecule has 0 fully saturated rings. The number of carbonyl (C=O) groups is 1. The Morgan fingerprint density at radius 1 is 0.897 bits per heavy atom. The fourth-order valence-electron chi connectivity index (χ4n) is 8.66. The van der Waals surface area contributed by atoms with Crippen molar-refractivity contribution in [2.45, 2.75) is 53.5 Å². The van der Waals surface area contributed by atoms with E-state index in [-0.39, 0.29) is 11.9 Å². The van der Waals surface area contributed by atoms with Crippen LogP contribution in [0.1, 0.15) is 58.0 Å². The zero-order valence-corrected chi connectivity index (χ0v) is 35.0. The maximum atomic E-state index is 15.3. The zero-order valence-electron chi connectivity index (χ0n) is 33.5. The van der Waals surface area contributed by atoms with Crippen LogP contribution in [0.2, 0.25) is 10.0 Å². The van der Waals surface area contributed by atoms with Crippen LogP contribution in [0.4, 0.5) is 5.69 Å². The molecule has 0 N–H and O–H groups in total. The smallest absolute Gasteiger partial charge is 0.275 e. The van der Waals surface area contributed by atoms with E-state index in [1.165, 1.54) is 0 Å². The van der Waals surface area contributed by atoms with Gasteiger partial charge in [0.1, 0.15) is 17.8 Å². The molecule has 0 aliphatic carbocycles. The molecule has 1 aliphatic heterocycles. The number of rotatable bonds is 9. The number of aromatic nitrogens is 8.